The van der Waals surface area contributed by atoms with Crippen LogP contribution in [-0.2, 0) is 38.7 Å². The van der Waals surface area contributed by atoms with Crippen LogP contribution < -0.4 is 0 Å². The van der Waals surface area contributed by atoms with Crippen molar-refractivity contribution >= 4 is 22.1 Å². The van der Waals surface area contributed by atoms with Crippen molar-refractivity contribution in [3.05, 3.63) is 72.9 Å². The minimum absolute atomic E-state index is 0.105. The second kappa shape index (κ2) is 34.9. The number of ether oxygens (including phenoxy) is 4. The molecule has 1 aliphatic rings. The van der Waals surface area contributed by atoms with Crippen molar-refractivity contribution < 1.29 is 56.8 Å². The van der Waals surface area contributed by atoms with Crippen LogP contribution in [0, 0.1) is 0 Å². The van der Waals surface area contributed by atoms with Crippen molar-refractivity contribution in [1.82, 2.24) is 0 Å². The molecule has 332 valence electrons. The molecule has 2 unspecified atom stereocenters. The van der Waals surface area contributed by atoms with Gasteiger partial charge in [-0.1, -0.05) is 119 Å². The second-order valence-electron chi connectivity index (χ2n) is 14.6. The van der Waals surface area contributed by atoms with E-state index in [4.69, 9.17) is 18.9 Å². The SMILES string of the molecule is CC/C=C/C/C=C/C/C=C/C/C=C/CCCCC(=O)O[C@H](COC(=O)CCCCCCC/C=C/C/C=C/CCCCC)CO[C@H]1O[C@H](CS(=O)(=O)O)[C@@H](O)C(O)C1O. The van der Waals surface area contributed by atoms with Crippen molar-refractivity contribution in [1.29, 1.82) is 0 Å². The molecule has 0 aromatic carbocycles. The summed E-state index contributed by atoms with van der Waals surface area (Å²) in [7, 11) is -4.61. The largest absolute Gasteiger partial charge is 0.462 e. The monoisotopic (exact) mass is 838 g/mol. The lowest BCUT2D eigenvalue weighted by atomic mass is 10.00. The predicted molar refractivity (Wildman–Crippen MR) is 228 cm³/mol. The minimum Gasteiger partial charge on any atom is -0.462 e. The number of rotatable bonds is 34. The summed E-state index contributed by atoms with van der Waals surface area (Å²) in [5.74, 6) is -2.07. The van der Waals surface area contributed by atoms with Gasteiger partial charge in [0.25, 0.3) is 10.1 Å². The maximum Gasteiger partial charge on any atom is 0.306 e. The number of esters is 2. The van der Waals surface area contributed by atoms with E-state index in [0.717, 1.165) is 83.5 Å². The fraction of sp³-hybridized carbons (Fsp3) is 0.689. The van der Waals surface area contributed by atoms with Gasteiger partial charge in [0.15, 0.2) is 12.4 Å². The maximum absolute atomic E-state index is 12.8. The van der Waals surface area contributed by atoms with Crippen LogP contribution >= 0.6 is 0 Å². The quantitative estimate of drug-likeness (QED) is 0.0210. The lowest BCUT2D eigenvalue weighted by Gasteiger charge is -2.40. The van der Waals surface area contributed by atoms with Gasteiger partial charge in [-0.05, 0) is 83.5 Å². The summed E-state index contributed by atoms with van der Waals surface area (Å²) >= 11 is 0. The summed E-state index contributed by atoms with van der Waals surface area (Å²) in [5.41, 5.74) is 0. The van der Waals surface area contributed by atoms with E-state index in [1.165, 1.54) is 19.3 Å². The molecule has 0 aromatic heterocycles. The van der Waals surface area contributed by atoms with Gasteiger partial charge in [0, 0.05) is 12.8 Å². The maximum atomic E-state index is 12.8. The lowest BCUT2D eigenvalue weighted by Crippen LogP contribution is -2.60. The zero-order chi connectivity index (χ0) is 42.7. The van der Waals surface area contributed by atoms with E-state index in [9.17, 15) is 37.9 Å². The zero-order valence-electron chi connectivity index (χ0n) is 35.1. The van der Waals surface area contributed by atoms with Crippen LogP contribution in [0.3, 0.4) is 0 Å². The topological polar surface area (TPSA) is 186 Å². The summed E-state index contributed by atoms with van der Waals surface area (Å²) in [4.78, 5) is 25.3. The first kappa shape index (κ1) is 53.1. The van der Waals surface area contributed by atoms with E-state index >= 15 is 0 Å². The standard InChI is InChI=1S/C45H74O12S/c1-3-5-7-9-11-13-15-17-19-21-23-25-27-29-31-33-40(46)54-35-38(36-55-45-44(50)43(49)42(48)39(57-45)37-58(51,52)53)56-41(47)34-32-30-28-26-24-22-20-18-16-14-12-10-8-6-4-2/h6,8,11-14,17-20,24,26,38-39,42-45,48-50H,3-5,7,9-10,15-16,21-23,25,27-37H2,1-2H3,(H,51,52,53)/b8-6+,13-11+,14-12+,19-17+,20-18+,26-24+/t38-,39-,42-,43?,44?,45+/m1/s1. The Morgan fingerprint density at radius 3 is 1.66 bits per heavy atom. The van der Waals surface area contributed by atoms with Crippen molar-refractivity contribution in [3.8, 4) is 0 Å². The van der Waals surface area contributed by atoms with E-state index in [1.807, 2.05) is 0 Å². The zero-order valence-corrected chi connectivity index (χ0v) is 35.9. The lowest BCUT2D eigenvalue weighted by molar-refractivity contribution is -0.297. The Bertz CT molecular complexity index is 1350. The molecule has 0 aliphatic carbocycles. The fourth-order valence-electron chi connectivity index (χ4n) is 5.93. The number of allylic oxidation sites excluding steroid dienone is 12. The number of carbonyl (C=O) groups is 2. The third-order valence-electron chi connectivity index (χ3n) is 9.27. The highest BCUT2D eigenvalue weighted by molar-refractivity contribution is 7.85. The molecule has 12 nitrogen and oxygen atoms in total. The molecule has 6 atom stereocenters. The molecule has 1 rings (SSSR count). The molecule has 13 heteroatoms. The number of aliphatic hydroxyl groups is 3. The highest BCUT2D eigenvalue weighted by atomic mass is 32.2. The van der Waals surface area contributed by atoms with Crippen molar-refractivity contribution in [3.63, 3.8) is 0 Å². The number of carbonyl (C=O) groups excluding carboxylic acids is 2. The van der Waals surface area contributed by atoms with E-state index in [1.54, 1.807) is 0 Å². The summed E-state index contributed by atoms with van der Waals surface area (Å²) in [5, 5.41) is 30.8. The molecular weight excluding hydrogens is 765 g/mol. The van der Waals surface area contributed by atoms with E-state index < -0.39 is 71.2 Å². The van der Waals surface area contributed by atoms with Crippen LogP contribution in [0.25, 0.3) is 0 Å². The first-order valence-corrected chi connectivity index (χ1v) is 23.1. The molecule has 1 heterocycles. The molecule has 0 amide bonds. The summed E-state index contributed by atoms with van der Waals surface area (Å²) in [6.45, 7) is 3.55. The predicted octanol–water partition coefficient (Wildman–Crippen LogP) is 8.33. The third kappa shape index (κ3) is 29.3. The van der Waals surface area contributed by atoms with Gasteiger partial charge in [0.1, 0.15) is 36.8 Å². The highest BCUT2D eigenvalue weighted by Crippen LogP contribution is 2.24. The Balaban J connectivity index is 2.52. The Kier molecular flexibility index (Phi) is 32.0. The van der Waals surface area contributed by atoms with Crippen molar-refractivity contribution in [2.45, 2.75) is 179 Å². The number of aliphatic hydroxyl groups excluding tert-OH is 3. The normalized spacial score (nSPS) is 21.1. The molecular formula is C45H74O12S. The summed E-state index contributed by atoms with van der Waals surface area (Å²) in [6, 6.07) is 0. The first-order valence-electron chi connectivity index (χ1n) is 21.5. The van der Waals surface area contributed by atoms with Crippen LogP contribution in [0.15, 0.2) is 72.9 Å². The van der Waals surface area contributed by atoms with Gasteiger partial charge in [-0.2, -0.15) is 8.42 Å². The Morgan fingerprint density at radius 1 is 0.603 bits per heavy atom. The van der Waals surface area contributed by atoms with Gasteiger partial charge >= 0.3 is 11.9 Å². The molecule has 58 heavy (non-hydrogen) atoms. The van der Waals surface area contributed by atoms with Gasteiger partial charge in [-0.3, -0.25) is 14.1 Å². The summed E-state index contributed by atoms with van der Waals surface area (Å²) in [6.07, 6.45) is 33.8. The van der Waals surface area contributed by atoms with Gasteiger partial charge in [0.2, 0.25) is 0 Å². The average molecular weight is 839 g/mol. The van der Waals surface area contributed by atoms with Crippen LogP contribution in [0.2, 0.25) is 0 Å². The van der Waals surface area contributed by atoms with Gasteiger partial charge < -0.3 is 34.3 Å². The van der Waals surface area contributed by atoms with E-state index in [0.29, 0.717) is 12.8 Å². The summed E-state index contributed by atoms with van der Waals surface area (Å²) < 4.78 is 53.9. The molecule has 0 bridgehead atoms. The second-order valence-corrected chi connectivity index (χ2v) is 16.1. The van der Waals surface area contributed by atoms with Crippen LogP contribution in [0.1, 0.15) is 142 Å². The Hall–Kier alpha value is -2.91. The van der Waals surface area contributed by atoms with Crippen LogP contribution in [0.4, 0.5) is 0 Å². The molecule has 0 spiro atoms. The molecule has 4 N–H and O–H groups in total. The molecule has 0 saturated carbocycles. The van der Waals surface area contributed by atoms with E-state index in [-0.39, 0.29) is 19.4 Å². The average Bonchev–Trinajstić information content (AvgIpc) is 3.18. The number of hydrogen-bond donors (Lipinski definition) is 4. The van der Waals surface area contributed by atoms with Gasteiger partial charge in [0.05, 0.1) is 6.61 Å². The first-order chi connectivity index (χ1) is 28.0. The molecule has 0 radical (unpaired) electrons. The van der Waals surface area contributed by atoms with Crippen LogP contribution in [-0.4, -0.2) is 96.0 Å². The number of hydrogen-bond acceptors (Lipinski definition) is 11. The highest BCUT2D eigenvalue weighted by Gasteiger charge is 2.46. The van der Waals surface area contributed by atoms with Crippen LogP contribution in [0.5, 0.6) is 0 Å². The van der Waals surface area contributed by atoms with Gasteiger partial charge in [-0.25, -0.2) is 0 Å². The van der Waals surface area contributed by atoms with Gasteiger partial charge in [-0.15, -0.1) is 0 Å². The smallest absolute Gasteiger partial charge is 0.306 e. The Morgan fingerprint density at radius 2 is 1.09 bits per heavy atom. The molecule has 1 aliphatic heterocycles. The fourth-order valence-corrected chi connectivity index (χ4v) is 6.62. The van der Waals surface area contributed by atoms with E-state index in [2.05, 4.69) is 86.8 Å². The Labute approximate surface area is 348 Å². The number of unbranched alkanes of at least 4 members (excludes halogenated alkanes) is 10. The third-order valence-corrected chi connectivity index (χ3v) is 10.0. The molecule has 1 saturated heterocycles. The minimum atomic E-state index is -4.61. The van der Waals surface area contributed by atoms with Crippen molar-refractivity contribution in [2.24, 2.45) is 0 Å². The van der Waals surface area contributed by atoms with Crippen molar-refractivity contribution in [2.75, 3.05) is 19.0 Å². The molecule has 1 fully saturated rings. The molecule has 0 aromatic rings.